The number of hydrogen-bond acceptors (Lipinski definition) is 7. The van der Waals surface area contributed by atoms with Gasteiger partial charge >= 0.3 is 11.9 Å². The van der Waals surface area contributed by atoms with E-state index in [-0.39, 0.29) is 6.61 Å². The molecule has 0 aromatic heterocycles. The molecule has 0 fully saturated rings. The Morgan fingerprint density at radius 3 is 2.25 bits per heavy atom. The van der Waals surface area contributed by atoms with Crippen LogP contribution in [0, 0.1) is 0 Å². The van der Waals surface area contributed by atoms with Crippen LogP contribution in [-0.4, -0.2) is 59.3 Å². The summed E-state index contributed by atoms with van der Waals surface area (Å²) in [6.07, 6.45) is -2.39. The van der Waals surface area contributed by atoms with Gasteiger partial charge in [0.2, 0.25) is 0 Å². The molecule has 0 spiro atoms. The van der Waals surface area contributed by atoms with E-state index in [1.807, 2.05) is 0 Å². The summed E-state index contributed by atoms with van der Waals surface area (Å²) in [5, 5.41) is 26.0. The third-order valence-electron chi connectivity index (χ3n) is 1.60. The van der Waals surface area contributed by atoms with Gasteiger partial charge in [-0.2, -0.15) is 0 Å². The van der Waals surface area contributed by atoms with Crippen molar-refractivity contribution in [3.05, 3.63) is 0 Å². The molecule has 0 aliphatic rings. The van der Waals surface area contributed by atoms with Crippen LogP contribution in [0.1, 0.15) is 13.3 Å². The van der Waals surface area contributed by atoms with E-state index in [1.54, 1.807) is 6.92 Å². The monoisotopic (exact) mass is 236 g/mol. The van der Waals surface area contributed by atoms with Gasteiger partial charge in [-0.05, 0) is 6.42 Å². The highest BCUT2D eigenvalue weighted by molar-refractivity contribution is 5.89. The van der Waals surface area contributed by atoms with Crippen molar-refractivity contribution < 1.29 is 34.4 Å². The minimum atomic E-state index is -1.77. The second-order valence-electron chi connectivity index (χ2n) is 2.98. The Morgan fingerprint density at radius 1 is 1.19 bits per heavy atom. The zero-order chi connectivity index (χ0) is 12.6. The fraction of sp³-hybridized carbons (Fsp3) is 0.778. The van der Waals surface area contributed by atoms with Gasteiger partial charge in [-0.1, -0.05) is 6.92 Å². The molecule has 0 saturated carbocycles. The molecule has 0 rings (SSSR count). The van der Waals surface area contributed by atoms with E-state index in [9.17, 15) is 9.59 Å². The minimum Gasteiger partial charge on any atom is -0.393 e. The predicted molar refractivity (Wildman–Crippen MR) is 51.3 cm³/mol. The lowest BCUT2D eigenvalue weighted by molar-refractivity contribution is -0.175. The molecule has 2 atom stereocenters. The van der Waals surface area contributed by atoms with Crippen molar-refractivity contribution >= 4 is 11.9 Å². The Hall–Kier alpha value is -1.02. The maximum Gasteiger partial charge on any atom is 0.345 e. The summed E-state index contributed by atoms with van der Waals surface area (Å²) in [5.74, 6) is -2.36. The van der Waals surface area contributed by atoms with Crippen molar-refractivity contribution in [3.8, 4) is 0 Å². The van der Waals surface area contributed by atoms with Gasteiger partial charge in [0.15, 0.2) is 12.2 Å². The molecule has 0 saturated heterocycles. The van der Waals surface area contributed by atoms with E-state index < -0.39 is 37.4 Å². The second kappa shape index (κ2) is 8.17. The van der Waals surface area contributed by atoms with Gasteiger partial charge in [-0.25, -0.2) is 9.59 Å². The molecule has 0 aromatic carbocycles. The first-order chi connectivity index (χ1) is 7.56. The zero-order valence-electron chi connectivity index (χ0n) is 8.96. The van der Waals surface area contributed by atoms with E-state index in [2.05, 4.69) is 4.74 Å². The van der Waals surface area contributed by atoms with Crippen LogP contribution in [0.2, 0.25) is 0 Å². The maximum atomic E-state index is 11.2. The molecular weight excluding hydrogens is 220 g/mol. The highest BCUT2D eigenvalue weighted by Gasteiger charge is 2.25. The smallest absolute Gasteiger partial charge is 0.345 e. The molecule has 0 radical (unpaired) electrons. The van der Waals surface area contributed by atoms with Crippen molar-refractivity contribution in [2.45, 2.75) is 25.6 Å². The zero-order valence-corrected chi connectivity index (χ0v) is 8.96. The molecule has 0 aromatic rings. The SMILES string of the molecule is CCCOC(CO)C(=O)OC(=O)C(O)CO. The number of carbonyl (C=O) groups is 2. The number of hydrogen-bond donors (Lipinski definition) is 3. The number of rotatable bonds is 7. The number of esters is 2. The number of carbonyl (C=O) groups excluding carboxylic acids is 2. The van der Waals surface area contributed by atoms with Crippen molar-refractivity contribution in [2.75, 3.05) is 19.8 Å². The highest BCUT2D eigenvalue weighted by atomic mass is 16.6. The summed E-state index contributed by atoms with van der Waals surface area (Å²) in [7, 11) is 0. The summed E-state index contributed by atoms with van der Waals surface area (Å²) >= 11 is 0. The maximum absolute atomic E-state index is 11.2. The summed E-state index contributed by atoms with van der Waals surface area (Å²) < 4.78 is 9.08. The van der Waals surface area contributed by atoms with Crippen molar-refractivity contribution in [3.63, 3.8) is 0 Å². The van der Waals surface area contributed by atoms with Crippen LogP contribution in [-0.2, 0) is 19.1 Å². The van der Waals surface area contributed by atoms with E-state index in [4.69, 9.17) is 20.1 Å². The van der Waals surface area contributed by atoms with E-state index in [1.165, 1.54) is 0 Å². The fourth-order valence-corrected chi connectivity index (χ4v) is 0.763. The Bertz CT molecular complexity index is 228. The van der Waals surface area contributed by atoms with Crippen LogP contribution in [0.4, 0.5) is 0 Å². The summed E-state index contributed by atoms with van der Waals surface area (Å²) in [6.45, 7) is 0.574. The molecule has 94 valence electrons. The predicted octanol–water partition coefficient (Wildman–Crippen LogP) is -1.80. The van der Waals surface area contributed by atoms with Gasteiger partial charge < -0.3 is 24.8 Å². The van der Waals surface area contributed by atoms with Crippen molar-refractivity contribution in [1.82, 2.24) is 0 Å². The minimum absolute atomic E-state index is 0.233. The normalized spacial score (nSPS) is 14.2. The lowest BCUT2D eigenvalue weighted by atomic mass is 10.3. The van der Waals surface area contributed by atoms with E-state index in [0.717, 1.165) is 0 Å². The van der Waals surface area contributed by atoms with Gasteiger partial charge in [0.1, 0.15) is 0 Å². The van der Waals surface area contributed by atoms with Crippen LogP contribution in [0.15, 0.2) is 0 Å². The second-order valence-corrected chi connectivity index (χ2v) is 2.98. The quantitative estimate of drug-likeness (QED) is 0.353. The molecule has 0 heterocycles. The molecule has 16 heavy (non-hydrogen) atoms. The van der Waals surface area contributed by atoms with Gasteiger partial charge in [0, 0.05) is 6.61 Å². The average molecular weight is 236 g/mol. The first-order valence-electron chi connectivity index (χ1n) is 4.83. The van der Waals surface area contributed by atoms with E-state index >= 15 is 0 Å². The van der Waals surface area contributed by atoms with Gasteiger partial charge in [-0.15, -0.1) is 0 Å². The lowest BCUT2D eigenvalue weighted by Crippen LogP contribution is -2.36. The highest BCUT2D eigenvalue weighted by Crippen LogP contribution is 1.98. The molecule has 0 bridgehead atoms. The van der Waals surface area contributed by atoms with Crippen LogP contribution >= 0.6 is 0 Å². The fourth-order valence-electron chi connectivity index (χ4n) is 0.763. The Morgan fingerprint density at radius 2 is 1.81 bits per heavy atom. The summed E-state index contributed by atoms with van der Waals surface area (Å²) in [6, 6.07) is 0. The van der Waals surface area contributed by atoms with Crippen LogP contribution in [0.25, 0.3) is 0 Å². The molecular formula is C9H16O7. The molecule has 0 aliphatic heterocycles. The topological polar surface area (TPSA) is 113 Å². The Labute approximate surface area is 92.6 Å². The number of ether oxygens (including phenoxy) is 2. The van der Waals surface area contributed by atoms with Crippen LogP contribution in [0.3, 0.4) is 0 Å². The number of aliphatic hydroxyl groups excluding tert-OH is 3. The van der Waals surface area contributed by atoms with Gasteiger partial charge in [0.25, 0.3) is 0 Å². The van der Waals surface area contributed by atoms with Gasteiger partial charge in [0.05, 0.1) is 13.2 Å². The van der Waals surface area contributed by atoms with Crippen LogP contribution < -0.4 is 0 Å². The van der Waals surface area contributed by atoms with Crippen LogP contribution in [0.5, 0.6) is 0 Å². The molecule has 3 N–H and O–H groups in total. The molecule has 7 nitrogen and oxygen atoms in total. The average Bonchev–Trinajstić information content (AvgIpc) is 2.28. The molecule has 7 heteroatoms. The standard InChI is InChI=1S/C9H16O7/c1-2-3-15-7(5-11)9(14)16-8(13)6(12)4-10/h6-7,10-12H,2-5H2,1H3. The molecule has 2 unspecified atom stereocenters. The Balaban J connectivity index is 4.15. The lowest BCUT2D eigenvalue weighted by Gasteiger charge is -2.14. The molecule has 0 amide bonds. The first kappa shape index (κ1) is 15.0. The van der Waals surface area contributed by atoms with E-state index in [0.29, 0.717) is 6.42 Å². The third kappa shape index (κ3) is 5.17. The van der Waals surface area contributed by atoms with Crippen molar-refractivity contribution in [2.24, 2.45) is 0 Å². The molecule has 0 aliphatic carbocycles. The van der Waals surface area contributed by atoms with Gasteiger partial charge in [-0.3, -0.25) is 0 Å². The summed E-state index contributed by atoms with van der Waals surface area (Å²) in [4.78, 5) is 22.1. The number of aliphatic hydroxyl groups is 3. The third-order valence-corrected chi connectivity index (χ3v) is 1.60. The summed E-state index contributed by atoms with van der Waals surface area (Å²) in [5.41, 5.74) is 0. The Kier molecular flexibility index (Phi) is 7.65. The van der Waals surface area contributed by atoms with Crippen molar-refractivity contribution in [1.29, 1.82) is 0 Å². The largest absolute Gasteiger partial charge is 0.393 e. The first-order valence-corrected chi connectivity index (χ1v) is 4.83.